The topological polar surface area (TPSA) is 116 Å². The molecule has 1 spiro atoms. The van der Waals surface area contributed by atoms with Gasteiger partial charge in [-0.3, -0.25) is 29.4 Å². The number of fused-ring (bicyclic) bond motifs is 4. The number of aliphatic carboxylic acids is 1. The molecule has 3 aliphatic heterocycles. The smallest absolute Gasteiger partial charge is 0.303 e. The average molecular weight is 447 g/mol. The third kappa shape index (κ3) is 3.16. The Hall–Kier alpha value is -3.52. The van der Waals surface area contributed by atoms with Gasteiger partial charge in [-0.25, -0.2) is 0 Å². The van der Waals surface area contributed by atoms with Gasteiger partial charge in [-0.2, -0.15) is 0 Å². The lowest BCUT2D eigenvalue weighted by atomic mass is 9.76. The van der Waals surface area contributed by atoms with Gasteiger partial charge >= 0.3 is 5.97 Å². The van der Waals surface area contributed by atoms with E-state index in [2.05, 4.69) is 10.6 Å². The second-order valence-electron chi connectivity index (χ2n) is 9.01. The van der Waals surface area contributed by atoms with Crippen LogP contribution < -0.4 is 10.6 Å². The summed E-state index contributed by atoms with van der Waals surface area (Å²) in [5.41, 5.74) is 1.78. The molecule has 3 N–H and O–H groups in total. The fraction of sp³-hybridized carbons (Fsp3) is 0.360. The van der Waals surface area contributed by atoms with Crippen molar-refractivity contribution in [1.29, 1.82) is 0 Å². The second kappa shape index (κ2) is 7.81. The minimum atomic E-state index is -1.39. The van der Waals surface area contributed by atoms with E-state index >= 15 is 0 Å². The number of likely N-dealkylation sites (tertiary alicyclic amines) is 1. The number of carbonyl (C=O) groups is 4. The van der Waals surface area contributed by atoms with E-state index in [4.69, 9.17) is 0 Å². The molecule has 3 heterocycles. The monoisotopic (exact) mass is 447 g/mol. The number of anilines is 1. The standard InChI is InChI=1S/C25H25N3O5/c1-14-6-5-9-16-21(14)26-24(33)25(16)20-19(17(27-25)10-11-18(29)30)22(31)28(23(20)32)13-12-15-7-3-2-4-8-15/h2-9,17,19-20,27H,10-13H2,1H3,(H,26,33)(H,29,30)/t17-,19+,20-,25+/m0/s1. The Kier molecular flexibility index (Phi) is 5.05. The van der Waals surface area contributed by atoms with Gasteiger partial charge in [0.25, 0.3) is 0 Å². The van der Waals surface area contributed by atoms with E-state index in [9.17, 15) is 24.3 Å². The number of imide groups is 1. The molecule has 3 amide bonds. The number of aryl methyl sites for hydroxylation is 1. The fourth-order valence-electron chi connectivity index (χ4n) is 5.67. The zero-order valence-corrected chi connectivity index (χ0v) is 18.2. The SMILES string of the molecule is Cc1cccc2c1NC(=O)[C@@]21N[C@@H](CCC(=O)O)[C@H]2C(=O)N(CCc3ccccc3)C(=O)[C@H]21. The number of carbonyl (C=O) groups excluding carboxylic acids is 3. The van der Waals surface area contributed by atoms with E-state index in [0.717, 1.165) is 11.1 Å². The molecule has 2 aromatic carbocycles. The van der Waals surface area contributed by atoms with Crippen LogP contribution in [0.3, 0.4) is 0 Å². The first kappa shape index (κ1) is 21.3. The number of rotatable bonds is 6. The molecule has 4 atom stereocenters. The van der Waals surface area contributed by atoms with Crippen LogP contribution in [-0.2, 0) is 31.1 Å². The first-order valence-corrected chi connectivity index (χ1v) is 11.1. The van der Waals surface area contributed by atoms with E-state index in [1.54, 1.807) is 6.07 Å². The molecule has 0 aliphatic carbocycles. The van der Waals surface area contributed by atoms with Crippen molar-refractivity contribution >= 4 is 29.4 Å². The van der Waals surface area contributed by atoms with Gasteiger partial charge in [0.05, 0.1) is 11.8 Å². The van der Waals surface area contributed by atoms with E-state index in [1.165, 1.54) is 4.90 Å². The van der Waals surface area contributed by atoms with Crippen molar-refractivity contribution in [1.82, 2.24) is 10.2 Å². The average Bonchev–Trinajstić information content (AvgIpc) is 3.38. The van der Waals surface area contributed by atoms with Crippen molar-refractivity contribution in [3.05, 3.63) is 65.2 Å². The van der Waals surface area contributed by atoms with Gasteiger partial charge in [0.2, 0.25) is 17.7 Å². The summed E-state index contributed by atoms with van der Waals surface area (Å²) < 4.78 is 0. The molecule has 33 heavy (non-hydrogen) atoms. The minimum absolute atomic E-state index is 0.151. The molecule has 5 rings (SSSR count). The Balaban J connectivity index is 1.53. The number of nitrogens with zero attached hydrogens (tertiary/aromatic N) is 1. The van der Waals surface area contributed by atoms with Crippen LogP contribution in [0.25, 0.3) is 0 Å². The number of carboxylic acids is 1. The summed E-state index contributed by atoms with van der Waals surface area (Å²) in [6.07, 6.45) is 0.503. The third-order valence-electron chi connectivity index (χ3n) is 7.19. The highest BCUT2D eigenvalue weighted by Gasteiger charge is 2.70. The van der Waals surface area contributed by atoms with Gasteiger partial charge in [0.1, 0.15) is 5.54 Å². The predicted molar refractivity (Wildman–Crippen MR) is 119 cm³/mol. The number of amides is 3. The molecule has 2 saturated heterocycles. The summed E-state index contributed by atoms with van der Waals surface area (Å²) >= 11 is 0. The highest BCUT2D eigenvalue weighted by atomic mass is 16.4. The Morgan fingerprint density at radius 1 is 1.06 bits per heavy atom. The summed E-state index contributed by atoms with van der Waals surface area (Å²) in [5, 5.41) is 15.4. The van der Waals surface area contributed by atoms with Crippen LogP contribution in [-0.4, -0.2) is 46.3 Å². The van der Waals surface area contributed by atoms with Crippen molar-refractivity contribution in [2.75, 3.05) is 11.9 Å². The molecule has 8 heteroatoms. The van der Waals surface area contributed by atoms with Crippen LogP contribution in [0.15, 0.2) is 48.5 Å². The van der Waals surface area contributed by atoms with Crippen molar-refractivity contribution in [3.63, 3.8) is 0 Å². The molecule has 2 aromatic rings. The maximum absolute atomic E-state index is 13.7. The van der Waals surface area contributed by atoms with Crippen LogP contribution >= 0.6 is 0 Å². The van der Waals surface area contributed by atoms with E-state index < -0.39 is 29.4 Å². The molecular formula is C25H25N3O5. The zero-order valence-electron chi connectivity index (χ0n) is 18.2. The molecular weight excluding hydrogens is 422 g/mol. The first-order chi connectivity index (χ1) is 15.8. The van der Waals surface area contributed by atoms with Crippen LogP contribution in [0.4, 0.5) is 5.69 Å². The summed E-state index contributed by atoms with van der Waals surface area (Å²) in [6.45, 7) is 2.10. The Bertz CT molecular complexity index is 1160. The lowest BCUT2D eigenvalue weighted by molar-refractivity contribution is -0.143. The number of nitrogens with one attached hydrogen (secondary N) is 2. The number of para-hydroxylation sites is 1. The largest absolute Gasteiger partial charge is 0.481 e. The van der Waals surface area contributed by atoms with E-state index in [-0.39, 0.29) is 37.1 Å². The number of hydrogen-bond donors (Lipinski definition) is 3. The van der Waals surface area contributed by atoms with Gasteiger partial charge in [0.15, 0.2) is 0 Å². The van der Waals surface area contributed by atoms with Crippen molar-refractivity contribution in [2.24, 2.45) is 11.8 Å². The number of carboxylic acid groups (broad SMARTS) is 1. The van der Waals surface area contributed by atoms with Crippen LogP contribution in [0.2, 0.25) is 0 Å². The van der Waals surface area contributed by atoms with E-state index in [1.807, 2.05) is 49.4 Å². The highest BCUT2D eigenvalue weighted by molar-refractivity contribution is 6.15. The Morgan fingerprint density at radius 3 is 2.55 bits per heavy atom. The van der Waals surface area contributed by atoms with Gasteiger partial charge in [-0.15, -0.1) is 0 Å². The summed E-state index contributed by atoms with van der Waals surface area (Å²) in [7, 11) is 0. The lowest BCUT2D eigenvalue weighted by Crippen LogP contribution is -2.53. The van der Waals surface area contributed by atoms with Crippen LogP contribution in [0, 0.1) is 18.8 Å². The van der Waals surface area contributed by atoms with Crippen molar-refractivity contribution in [2.45, 2.75) is 37.8 Å². The first-order valence-electron chi connectivity index (χ1n) is 11.1. The Labute approximate surface area is 191 Å². The molecule has 3 aliphatic rings. The van der Waals surface area contributed by atoms with Crippen molar-refractivity contribution in [3.8, 4) is 0 Å². The maximum Gasteiger partial charge on any atom is 0.303 e. The molecule has 0 aromatic heterocycles. The zero-order chi connectivity index (χ0) is 23.3. The minimum Gasteiger partial charge on any atom is -0.481 e. The summed E-state index contributed by atoms with van der Waals surface area (Å²) in [5.74, 6) is -3.78. The quantitative estimate of drug-likeness (QED) is 0.582. The molecule has 0 radical (unpaired) electrons. The summed E-state index contributed by atoms with van der Waals surface area (Å²) in [6, 6.07) is 14.5. The number of benzene rings is 2. The molecule has 170 valence electrons. The molecule has 8 nitrogen and oxygen atoms in total. The lowest BCUT2D eigenvalue weighted by Gasteiger charge is -2.29. The normalized spacial score (nSPS) is 27.7. The Morgan fingerprint density at radius 2 is 1.82 bits per heavy atom. The third-order valence-corrected chi connectivity index (χ3v) is 7.19. The highest BCUT2D eigenvalue weighted by Crippen LogP contribution is 2.54. The molecule has 0 bridgehead atoms. The molecule has 0 unspecified atom stereocenters. The second-order valence-corrected chi connectivity index (χ2v) is 9.01. The molecule has 0 saturated carbocycles. The predicted octanol–water partition coefficient (Wildman–Crippen LogP) is 1.82. The van der Waals surface area contributed by atoms with Gasteiger partial charge in [-0.1, -0.05) is 48.5 Å². The maximum atomic E-state index is 13.7. The summed E-state index contributed by atoms with van der Waals surface area (Å²) in [4.78, 5) is 53.1. The number of hydrogen-bond acceptors (Lipinski definition) is 5. The molecule has 2 fully saturated rings. The van der Waals surface area contributed by atoms with Crippen LogP contribution in [0.5, 0.6) is 0 Å². The van der Waals surface area contributed by atoms with Gasteiger partial charge in [0, 0.05) is 30.3 Å². The van der Waals surface area contributed by atoms with Gasteiger partial charge < -0.3 is 10.4 Å². The van der Waals surface area contributed by atoms with Crippen molar-refractivity contribution < 1.29 is 24.3 Å². The van der Waals surface area contributed by atoms with Gasteiger partial charge in [-0.05, 0) is 30.9 Å². The fourth-order valence-corrected chi connectivity index (χ4v) is 5.67. The van der Waals surface area contributed by atoms with Crippen LogP contribution in [0.1, 0.15) is 29.5 Å². The van der Waals surface area contributed by atoms with E-state index in [0.29, 0.717) is 17.7 Å².